The van der Waals surface area contributed by atoms with Crippen molar-refractivity contribution < 1.29 is 4.79 Å². The van der Waals surface area contributed by atoms with Gasteiger partial charge in [0.25, 0.3) is 0 Å². The fraction of sp³-hybridized carbons (Fsp3) is 0.133. The Morgan fingerprint density at radius 2 is 1.82 bits per heavy atom. The maximum atomic E-state index is 12.3. The lowest BCUT2D eigenvalue weighted by molar-refractivity contribution is 0.103. The molecule has 0 heterocycles. The van der Waals surface area contributed by atoms with E-state index in [9.17, 15) is 4.79 Å². The SMILES string of the molecule is CCc1ccc(Br)c(C(=O)c2ccccc2)c1. The predicted molar refractivity (Wildman–Crippen MR) is 73.4 cm³/mol. The minimum absolute atomic E-state index is 0.0628. The molecule has 0 aliphatic carbocycles. The van der Waals surface area contributed by atoms with Gasteiger partial charge in [0.1, 0.15) is 0 Å². The molecule has 2 rings (SSSR count). The van der Waals surface area contributed by atoms with Gasteiger partial charge in [-0.1, -0.05) is 59.3 Å². The zero-order chi connectivity index (χ0) is 12.3. The number of hydrogen-bond acceptors (Lipinski definition) is 1. The van der Waals surface area contributed by atoms with Gasteiger partial charge in [0, 0.05) is 15.6 Å². The molecule has 1 nitrogen and oxygen atoms in total. The van der Waals surface area contributed by atoms with Crippen LogP contribution in [-0.4, -0.2) is 5.78 Å². The lowest BCUT2D eigenvalue weighted by atomic mass is 10.0. The summed E-state index contributed by atoms with van der Waals surface area (Å²) in [5.74, 6) is 0.0628. The van der Waals surface area contributed by atoms with Crippen molar-refractivity contribution >= 4 is 21.7 Å². The molecular formula is C15H13BrO. The average molecular weight is 289 g/mol. The van der Waals surface area contributed by atoms with E-state index in [0.717, 1.165) is 22.0 Å². The Morgan fingerprint density at radius 1 is 1.12 bits per heavy atom. The van der Waals surface area contributed by atoms with Crippen LogP contribution in [0.3, 0.4) is 0 Å². The molecule has 2 heteroatoms. The summed E-state index contributed by atoms with van der Waals surface area (Å²) in [6, 6.07) is 15.3. The van der Waals surface area contributed by atoms with Crippen molar-refractivity contribution in [3.8, 4) is 0 Å². The van der Waals surface area contributed by atoms with Crippen LogP contribution in [0.25, 0.3) is 0 Å². The average Bonchev–Trinajstić information content (AvgIpc) is 2.39. The monoisotopic (exact) mass is 288 g/mol. The highest BCUT2D eigenvalue weighted by molar-refractivity contribution is 9.10. The lowest BCUT2D eigenvalue weighted by Crippen LogP contribution is -2.02. The predicted octanol–water partition coefficient (Wildman–Crippen LogP) is 4.24. The number of hydrogen-bond donors (Lipinski definition) is 0. The van der Waals surface area contributed by atoms with Crippen LogP contribution in [0.2, 0.25) is 0 Å². The Bertz CT molecular complexity index is 532. The molecule has 0 saturated heterocycles. The molecule has 86 valence electrons. The third-order valence-electron chi connectivity index (χ3n) is 2.72. The largest absolute Gasteiger partial charge is 0.289 e. The Hall–Kier alpha value is -1.41. The van der Waals surface area contributed by atoms with Crippen LogP contribution >= 0.6 is 15.9 Å². The topological polar surface area (TPSA) is 17.1 Å². The molecule has 0 bridgehead atoms. The van der Waals surface area contributed by atoms with Gasteiger partial charge >= 0.3 is 0 Å². The van der Waals surface area contributed by atoms with E-state index in [4.69, 9.17) is 0 Å². The van der Waals surface area contributed by atoms with Crippen molar-refractivity contribution in [2.24, 2.45) is 0 Å². The molecule has 0 radical (unpaired) electrons. The van der Waals surface area contributed by atoms with Crippen molar-refractivity contribution in [3.63, 3.8) is 0 Å². The highest BCUT2D eigenvalue weighted by Crippen LogP contribution is 2.21. The molecule has 2 aromatic carbocycles. The van der Waals surface area contributed by atoms with Crippen LogP contribution in [0.5, 0.6) is 0 Å². The Kier molecular flexibility index (Phi) is 3.75. The highest BCUT2D eigenvalue weighted by atomic mass is 79.9. The van der Waals surface area contributed by atoms with Crippen LogP contribution in [-0.2, 0) is 6.42 Å². The second kappa shape index (κ2) is 5.28. The second-order valence-electron chi connectivity index (χ2n) is 3.86. The smallest absolute Gasteiger partial charge is 0.194 e. The summed E-state index contributed by atoms with van der Waals surface area (Å²) < 4.78 is 0.851. The van der Waals surface area contributed by atoms with Gasteiger partial charge in [-0.05, 0) is 24.1 Å². The molecule has 0 aliphatic rings. The van der Waals surface area contributed by atoms with E-state index in [1.54, 1.807) is 0 Å². The molecule has 17 heavy (non-hydrogen) atoms. The van der Waals surface area contributed by atoms with E-state index >= 15 is 0 Å². The molecular weight excluding hydrogens is 276 g/mol. The maximum Gasteiger partial charge on any atom is 0.194 e. The van der Waals surface area contributed by atoms with Crippen LogP contribution < -0.4 is 0 Å². The first-order valence-corrected chi connectivity index (χ1v) is 6.40. The summed E-state index contributed by atoms with van der Waals surface area (Å²) in [6.45, 7) is 2.08. The number of aryl methyl sites for hydroxylation is 1. The summed E-state index contributed by atoms with van der Waals surface area (Å²) >= 11 is 3.44. The molecule has 0 unspecified atom stereocenters. The van der Waals surface area contributed by atoms with Crippen molar-refractivity contribution in [2.75, 3.05) is 0 Å². The minimum atomic E-state index is 0.0628. The first-order valence-electron chi connectivity index (χ1n) is 5.60. The van der Waals surface area contributed by atoms with Crippen LogP contribution in [0, 0.1) is 0 Å². The summed E-state index contributed by atoms with van der Waals surface area (Å²) in [5.41, 5.74) is 2.63. The van der Waals surface area contributed by atoms with E-state index in [2.05, 4.69) is 22.9 Å². The molecule has 0 fully saturated rings. The van der Waals surface area contributed by atoms with Crippen LogP contribution in [0.15, 0.2) is 53.0 Å². The Balaban J connectivity index is 2.44. The minimum Gasteiger partial charge on any atom is -0.289 e. The summed E-state index contributed by atoms with van der Waals surface area (Å²) in [6.07, 6.45) is 0.933. The molecule has 0 aromatic heterocycles. The van der Waals surface area contributed by atoms with Gasteiger partial charge in [0.05, 0.1) is 0 Å². The number of benzene rings is 2. The fourth-order valence-corrected chi connectivity index (χ4v) is 2.14. The quantitative estimate of drug-likeness (QED) is 0.772. The lowest BCUT2D eigenvalue weighted by Gasteiger charge is -2.06. The van der Waals surface area contributed by atoms with Gasteiger partial charge in [0.15, 0.2) is 5.78 Å². The van der Waals surface area contributed by atoms with E-state index in [1.165, 1.54) is 5.56 Å². The normalized spacial score (nSPS) is 10.2. The summed E-state index contributed by atoms with van der Waals surface area (Å²) in [7, 11) is 0. The number of rotatable bonds is 3. The molecule has 0 saturated carbocycles. The standard InChI is InChI=1S/C15H13BrO/c1-2-11-8-9-14(16)13(10-11)15(17)12-6-4-3-5-7-12/h3-10H,2H2,1H3. The molecule has 2 aromatic rings. The van der Waals surface area contributed by atoms with Gasteiger partial charge in [-0.3, -0.25) is 4.79 Å². The van der Waals surface area contributed by atoms with Crippen molar-refractivity contribution in [1.82, 2.24) is 0 Å². The van der Waals surface area contributed by atoms with Gasteiger partial charge in [0.2, 0.25) is 0 Å². The molecule has 0 amide bonds. The zero-order valence-electron chi connectivity index (χ0n) is 9.61. The van der Waals surface area contributed by atoms with Crippen LogP contribution in [0.4, 0.5) is 0 Å². The first-order chi connectivity index (χ1) is 8.22. The van der Waals surface area contributed by atoms with Gasteiger partial charge in [-0.15, -0.1) is 0 Å². The Labute approximate surface area is 110 Å². The van der Waals surface area contributed by atoms with E-state index in [1.807, 2.05) is 48.5 Å². The number of halogens is 1. The molecule has 0 atom stereocenters. The fourth-order valence-electron chi connectivity index (χ4n) is 1.71. The van der Waals surface area contributed by atoms with Gasteiger partial charge in [-0.25, -0.2) is 0 Å². The summed E-state index contributed by atoms with van der Waals surface area (Å²) in [5, 5.41) is 0. The van der Waals surface area contributed by atoms with Gasteiger partial charge < -0.3 is 0 Å². The third-order valence-corrected chi connectivity index (χ3v) is 3.41. The first kappa shape index (κ1) is 12.1. The highest BCUT2D eigenvalue weighted by Gasteiger charge is 2.12. The molecule has 0 N–H and O–H groups in total. The second-order valence-corrected chi connectivity index (χ2v) is 4.72. The third kappa shape index (κ3) is 2.64. The van der Waals surface area contributed by atoms with E-state index in [0.29, 0.717) is 0 Å². The van der Waals surface area contributed by atoms with Crippen molar-refractivity contribution in [1.29, 1.82) is 0 Å². The number of ketones is 1. The van der Waals surface area contributed by atoms with Crippen LogP contribution in [0.1, 0.15) is 28.4 Å². The van der Waals surface area contributed by atoms with E-state index in [-0.39, 0.29) is 5.78 Å². The molecule has 0 spiro atoms. The van der Waals surface area contributed by atoms with Crippen molar-refractivity contribution in [3.05, 3.63) is 69.7 Å². The number of carbonyl (C=O) groups excluding carboxylic acids is 1. The molecule has 0 aliphatic heterocycles. The maximum absolute atomic E-state index is 12.3. The van der Waals surface area contributed by atoms with Crippen molar-refractivity contribution in [2.45, 2.75) is 13.3 Å². The van der Waals surface area contributed by atoms with E-state index < -0.39 is 0 Å². The zero-order valence-corrected chi connectivity index (χ0v) is 11.2. The number of carbonyl (C=O) groups is 1. The summed E-state index contributed by atoms with van der Waals surface area (Å²) in [4.78, 5) is 12.3. The Morgan fingerprint density at radius 3 is 2.47 bits per heavy atom. The van der Waals surface area contributed by atoms with Gasteiger partial charge in [-0.2, -0.15) is 0 Å².